The topological polar surface area (TPSA) is 61.0 Å². The number of benzene rings is 1. The summed E-state index contributed by atoms with van der Waals surface area (Å²) in [4.78, 5) is 7.91. The van der Waals surface area contributed by atoms with Crippen molar-refractivity contribution in [1.29, 1.82) is 0 Å². The van der Waals surface area contributed by atoms with Crippen molar-refractivity contribution >= 4 is 27.5 Å². The van der Waals surface area contributed by atoms with Gasteiger partial charge in [-0.2, -0.15) is 0 Å². The van der Waals surface area contributed by atoms with Gasteiger partial charge < -0.3 is 10.5 Å². The van der Waals surface area contributed by atoms with E-state index in [0.29, 0.717) is 17.3 Å². The van der Waals surface area contributed by atoms with Gasteiger partial charge in [-0.15, -0.1) is 0 Å². The molecule has 1 aromatic carbocycles. The Balaban J connectivity index is 2.26. The Kier molecular flexibility index (Phi) is 3.93. The second kappa shape index (κ2) is 5.44. The van der Waals surface area contributed by atoms with Crippen LogP contribution in [0.15, 0.2) is 35.1 Å². The zero-order chi connectivity index (χ0) is 12.3. The molecule has 0 bridgehead atoms. The molecule has 6 heteroatoms. The minimum Gasteiger partial charge on any atom is -0.424 e. The summed E-state index contributed by atoms with van der Waals surface area (Å²) in [5, 5.41) is 0.465. The van der Waals surface area contributed by atoms with Crippen LogP contribution in [0.5, 0.6) is 11.8 Å². The third-order valence-electron chi connectivity index (χ3n) is 2.04. The number of aromatic nitrogens is 2. The summed E-state index contributed by atoms with van der Waals surface area (Å²) in [5.41, 5.74) is 6.51. The highest BCUT2D eigenvalue weighted by Gasteiger charge is 2.06. The van der Waals surface area contributed by atoms with Crippen molar-refractivity contribution < 1.29 is 4.74 Å². The van der Waals surface area contributed by atoms with Crippen LogP contribution in [0.2, 0.25) is 5.02 Å². The molecule has 2 aromatic rings. The van der Waals surface area contributed by atoms with Gasteiger partial charge in [0.1, 0.15) is 5.75 Å². The molecule has 0 saturated carbocycles. The molecule has 0 unspecified atom stereocenters. The fraction of sp³-hybridized carbons (Fsp3) is 0.0909. The summed E-state index contributed by atoms with van der Waals surface area (Å²) in [7, 11) is 0. The van der Waals surface area contributed by atoms with Gasteiger partial charge in [0.15, 0.2) is 0 Å². The van der Waals surface area contributed by atoms with E-state index in [2.05, 4.69) is 25.9 Å². The first kappa shape index (κ1) is 12.3. The number of halogens is 2. The van der Waals surface area contributed by atoms with E-state index in [1.165, 1.54) is 12.4 Å². The Hall–Kier alpha value is -1.17. The highest BCUT2D eigenvalue weighted by atomic mass is 79.9. The molecule has 0 amide bonds. The molecule has 0 spiro atoms. The van der Waals surface area contributed by atoms with Crippen LogP contribution >= 0.6 is 27.5 Å². The summed E-state index contributed by atoms with van der Waals surface area (Å²) >= 11 is 9.06. The van der Waals surface area contributed by atoms with Gasteiger partial charge in [0.05, 0.1) is 17.4 Å². The van der Waals surface area contributed by atoms with Gasteiger partial charge in [-0.05, 0) is 18.2 Å². The first-order valence-electron chi connectivity index (χ1n) is 4.83. The molecular weight excluding hydrogens is 305 g/mol. The largest absolute Gasteiger partial charge is 0.424 e. The van der Waals surface area contributed by atoms with Crippen molar-refractivity contribution in [2.45, 2.75) is 6.54 Å². The number of hydrogen-bond donors (Lipinski definition) is 1. The lowest BCUT2D eigenvalue weighted by molar-refractivity contribution is 0.436. The average Bonchev–Trinajstić information content (AvgIpc) is 2.34. The van der Waals surface area contributed by atoms with Crippen LogP contribution in [-0.2, 0) is 6.54 Å². The lowest BCUT2D eigenvalue weighted by atomic mass is 10.2. The Bertz CT molecular complexity index is 519. The third kappa shape index (κ3) is 3.15. The zero-order valence-electron chi connectivity index (χ0n) is 8.73. The minimum atomic E-state index is 0.242. The van der Waals surface area contributed by atoms with Crippen molar-refractivity contribution in [3.63, 3.8) is 0 Å². The van der Waals surface area contributed by atoms with Crippen LogP contribution in [0.1, 0.15) is 5.56 Å². The van der Waals surface area contributed by atoms with Crippen LogP contribution in [0, 0.1) is 0 Å². The standard InChI is InChI=1S/C11H9BrClN3O/c12-8-1-2-10(7(3-8)4-14)17-11-15-5-9(13)6-16-11/h1-3,5-6H,4,14H2. The molecule has 0 aliphatic rings. The van der Waals surface area contributed by atoms with Crippen molar-refractivity contribution in [1.82, 2.24) is 9.97 Å². The molecule has 1 heterocycles. The second-order valence-corrected chi connectivity index (χ2v) is 4.59. The van der Waals surface area contributed by atoms with Crippen molar-refractivity contribution in [3.8, 4) is 11.8 Å². The molecule has 88 valence electrons. The van der Waals surface area contributed by atoms with E-state index in [1.54, 1.807) is 0 Å². The van der Waals surface area contributed by atoms with Crippen LogP contribution in [0.25, 0.3) is 0 Å². The molecule has 0 aliphatic carbocycles. The molecular formula is C11H9BrClN3O. The molecule has 4 nitrogen and oxygen atoms in total. The highest BCUT2D eigenvalue weighted by molar-refractivity contribution is 9.10. The van der Waals surface area contributed by atoms with Gasteiger partial charge in [0.25, 0.3) is 0 Å². The molecule has 0 radical (unpaired) electrons. The van der Waals surface area contributed by atoms with Gasteiger partial charge in [-0.25, -0.2) is 9.97 Å². The predicted octanol–water partition coefficient (Wildman–Crippen LogP) is 3.14. The first-order valence-corrected chi connectivity index (χ1v) is 6.00. The highest BCUT2D eigenvalue weighted by Crippen LogP contribution is 2.26. The van der Waals surface area contributed by atoms with Crippen LogP contribution in [-0.4, -0.2) is 9.97 Å². The quantitative estimate of drug-likeness (QED) is 0.945. The molecule has 0 aliphatic heterocycles. The van der Waals surface area contributed by atoms with Crippen molar-refractivity contribution in [2.24, 2.45) is 5.73 Å². The number of rotatable bonds is 3. The Morgan fingerprint density at radius 3 is 2.65 bits per heavy atom. The summed E-state index contributed by atoms with van der Waals surface area (Å²) in [5.74, 6) is 0.637. The Labute approximate surface area is 112 Å². The predicted molar refractivity (Wildman–Crippen MR) is 69.1 cm³/mol. The van der Waals surface area contributed by atoms with E-state index >= 15 is 0 Å². The minimum absolute atomic E-state index is 0.242. The summed E-state index contributed by atoms with van der Waals surface area (Å²) in [6.45, 7) is 0.377. The van der Waals surface area contributed by atoms with Crippen LogP contribution in [0.4, 0.5) is 0 Å². The van der Waals surface area contributed by atoms with Gasteiger partial charge in [-0.3, -0.25) is 0 Å². The molecule has 1 aromatic heterocycles. The third-order valence-corrected chi connectivity index (χ3v) is 2.73. The van der Waals surface area contributed by atoms with E-state index in [4.69, 9.17) is 22.1 Å². The first-order chi connectivity index (χ1) is 8.19. The molecule has 17 heavy (non-hydrogen) atoms. The van der Waals surface area contributed by atoms with E-state index in [-0.39, 0.29) is 6.01 Å². The van der Waals surface area contributed by atoms with Crippen molar-refractivity contribution in [2.75, 3.05) is 0 Å². The lowest BCUT2D eigenvalue weighted by Gasteiger charge is -2.08. The monoisotopic (exact) mass is 313 g/mol. The second-order valence-electron chi connectivity index (χ2n) is 3.24. The van der Waals surface area contributed by atoms with Crippen LogP contribution in [0.3, 0.4) is 0 Å². The molecule has 0 atom stereocenters. The maximum atomic E-state index is 5.69. The number of ether oxygens (including phenoxy) is 1. The smallest absolute Gasteiger partial charge is 0.321 e. The normalized spacial score (nSPS) is 10.3. The fourth-order valence-electron chi connectivity index (χ4n) is 1.26. The molecule has 2 rings (SSSR count). The summed E-state index contributed by atoms with van der Waals surface area (Å²) in [6.07, 6.45) is 2.95. The molecule has 0 fully saturated rings. The number of nitrogens with two attached hydrogens (primary N) is 1. The SMILES string of the molecule is NCc1cc(Br)ccc1Oc1ncc(Cl)cn1. The number of nitrogens with zero attached hydrogens (tertiary/aromatic N) is 2. The fourth-order valence-corrected chi connectivity index (χ4v) is 1.76. The van der Waals surface area contributed by atoms with Gasteiger partial charge in [0, 0.05) is 16.6 Å². The Morgan fingerprint density at radius 1 is 1.29 bits per heavy atom. The maximum Gasteiger partial charge on any atom is 0.321 e. The lowest BCUT2D eigenvalue weighted by Crippen LogP contribution is -2.00. The number of hydrogen-bond acceptors (Lipinski definition) is 4. The van der Waals surface area contributed by atoms with E-state index in [9.17, 15) is 0 Å². The van der Waals surface area contributed by atoms with Gasteiger partial charge in [-0.1, -0.05) is 27.5 Å². The van der Waals surface area contributed by atoms with E-state index in [0.717, 1.165) is 10.0 Å². The molecule has 2 N–H and O–H groups in total. The average molecular weight is 315 g/mol. The summed E-state index contributed by atoms with van der Waals surface area (Å²) < 4.78 is 6.48. The van der Waals surface area contributed by atoms with Crippen LogP contribution < -0.4 is 10.5 Å². The van der Waals surface area contributed by atoms with E-state index in [1.807, 2.05) is 18.2 Å². The summed E-state index contributed by atoms with van der Waals surface area (Å²) in [6, 6.07) is 5.81. The van der Waals surface area contributed by atoms with Crippen molar-refractivity contribution in [3.05, 3.63) is 45.7 Å². The molecule has 0 saturated heterocycles. The van der Waals surface area contributed by atoms with Gasteiger partial charge in [0.2, 0.25) is 0 Å². The Morgan fingerprint density at radius 2 is 2.00 bits per heavy atom. The van der Waals surface area contributed by atoms with Gasteiger partial charge >= 0.3 is 6.01 Å². The zero-order valence-corrected chi connectivity index (χ0v) is 11.1. The van der Waals surface area contributed by atoms with E-state index < -0.39 is 0 Å². The maximum absolute atomic E-state index is 5.69.